The molecule has 0 bridgehead atoms. The minimum atomic E-state index is -0.330. The molecule has 2 aliphatic rings. The lowest BCUT2D eigenvalue weighted by Gasteiger charge is -2.38. The Hall–Kier alpha value is -0.450. The first-order valence-electron chi connectivity index (χ1n) is 6.18. The zero-order chi connectivity index (χ0) is 11.4. The Morgan fingerprint density at radius 1 is 1.25 bits per heavy atom. The van der Waals surface area contributed by atoms with Crippen molar-refractivity contribution in [3.05, 3.63) is 0 Å². The van der Waals surface area contributed by atoms with Crippen LogP contribution in [0.1, 0.15) is 25.7 Å². The number of carbonyl (C=O) groups is 1. The molecule has 4 heteroatoms. The van der Waals surface area contributed by atoms with E-state index in [0.29, 0.717) is 32.1 Å². The van der Waals surface area contributed by atoms with Crippen LogP contribution < -0.4 is 5.73 Å². The molecule has 0 aromatic rings. The van der Waals surface area contributed by atoms with E-state index in [9.17, 15) is 4.79 Å². The largest absolute Gasteiger partial charge is 0.381 e. The van der Waals surface area contributed by atoms with Gasteiger partial charge in [-0.3, -0.25) is 4.79 Å². The van der Waals surface area contributed by atoms with Crippen LogP contribution in [0.5, 0.6) is 0 Å². The van der Waals surface area contributed by atoms with Crippen molar-refractivity contribution in [2.45, 2.75) is 25.7 Å². The standard InChI is InChI=1S/C12H21NO3/c13-9-12(3-6-15-7-4-12)11(14)10-2-1-5-16-8-10/h10H,1-9,13H2. The second-order valence-corrected chi connectivity index (χ2v) is 4.88. The van der Waals surface area contributed by atoms with Gasteiger partial charge in [-0.1, -0.05) is 0 Å². The molecule has 16 heavy (non-hydrogen) atoms. The lowest BCUT2D eigenvalue weighted by Crippen LogP contribution is -2.47. The molecule has 0 amide bonds. The van der Waals surface area contributed by atoms with Crippen molar-refractivity contribution >= 4 is 5.78 Å². The van der Waals surface area contributed by atoms with Gasteiger partial charge in [0, 0.05) is 37.7 Å². The fraction of sp³-hybridized carbons (Fsp3) is 0.917. The van der Waals surface area contributed by atoms with Crippen LogP contribution in [0.2, 0.25) is 0 Å². The van der Waals surface area contributed by atoms with E-state index in [1.807, 2.05) is 0 Å². The van der Waals surface area contributed by atoms with Gasteiger partial charge in [0.1, 0.15) is 5.78 Å². The summed E-state index contributed by atoms with van der Waals surface area (Å²) in [5.41, 5.74) is 5.50. The van der Waals surface area contributed by atoms with Crippen molar-refractivity contribution in [3.63, 3.8) is 0 Å². The van der Waals surface area contributed by atoms with Crippen molar-refractivity contribution in [3.8, 4) is 0 Å². The second-order valence-electron chi connectivity index (χ2n) is 4.88. The van der Waals surface area contributed by atoms with Crippen molar-refractivity contribution in [1.29, 1.82) is 0 Å². The molecule has 4 nitrogen and oxygen atoms in total. The molecule has 0 aliphatic carbocycles. The molecular weight excluding hydrogens is 206 g/mol. The van der Waals surface area contributed by atoms with Gasteiger partial charge in [0.15, 0.2) is 0 Å². The molecule has 2 saturated heterocycles. The third kappa shape index (κ3) is 2.29. The highest BCUT2D eigenvalue weighted by molar-refractivity contribution is 5.87. The van der Waals surface area contributed by atoms with Gasteiger partial charge in [-0.25, -0.2) is 0 Å². The molecule has 0 saturated carbocycles. The lowest BCUT2D eigenvalue weighted by atomic mass is 9.71. The Bertz CT molecular complexity index is 243. The van der Waals surface area contributed by atoms with Gasteiger partial charge in [0.25, 0.3) is 0 Å². The monoisotopic (exact) mass is 227 g/mol. The predicted octanol–water partition coefficient (Wildman–Crippen LogP) is 0.738. The van der Waals surface area contributed by atoms with Crippen LogP contribution in [-0.4, -0.2) is 38.8 Å². The summed E-state index contributed by atoms with van der Waals surface area (Å²) in [5.74, 6) is 0.383. The van der Waals surface area contributed by atoms with Crippen LogP contribution in [-0.2, 0) is 14.3 Å². The summed E-state index contributed by atoms with van der Waals surface area (Å²) in [5, 5.41) is 0. The highest BCUT2D eigenvalue weighted by atomic mass is 16.5. The topological polar surface area (TPSA) is 61.6 Å². The zero-order valence-electron chi connectivity index (χ0n) is 9.74. The zero-order valence-corrected chi connectivity index (χ0v) is 9.74. The maximum Gasteiger partial charge on any atom is 0.145 e. The molecule has 2 fully saturated rings. The van der Waals surface area contributed by atoms with Gasteiger partial charge in [0.2, 0.25) is 0 Å². The number of ether oxygens (including phenoxy) is 2. The molecule has 1 atom stereocenters. The van der Waals surface area contributed by atoms with Gasteiger partial charge < -0.3 is 15.2 Å². The Morgan fingerprint density at radius 2 is 2.00 bits per heavy atom. The molecular formula is C12H21NO3. The van der Waals surface area contributed by atoms with Gasteiger partial charge in [0.05, 0.1) is 6.61 Å². The highest BCUT2D eigenvalue weighted by Crippen LogP contribution is 2.35. The maximum absolute atomic E-state index is 12.5. The molecule has 0 aromatic heterocycles. The molecule has 0 spiro atoms. The van der Waals surface area contributed by atoms with E-state index < -0.39 is 0 Å². The SMILES string of the molecule is NCC1(C(=O)C2CCCOC2)CCOCC1. The third-order valence-electron chi connectivity index (χ3n) is 3.89. The molecule has 1 unspecified atom stereocenters. The minimum Gasteiger partial charge on any atom is -0.381 e. The predicted molar refractivity (Wildman–Crippen MR) is 60.1 cm³/mol. The van der Waals surface area contributed by atoms with Crippen LogP contribution in [0.4, 0.5) is 0 Å². The second kappa shape index (κ2) is 5.25. The number of Topliss-reactive ketones (excluding diaryl/α,β-unsaturated/α-hetero) is 1. The van der Waals surface area contributed by atoms with E-state index in [0.717, 1.165) is 32.3 Å². The molecule has 2 N–H and O–H groups in total. The van der Waals surface area contributed by atoms with E-state index in [-0.39, 0.29) is 11.3 Å². The van der Waals surface area contributed by atoms with E-state index >= 15 is 0 Å². The Kier molecular flexibility index (Phi) is 3.95. The normalized spacial score (nSPS) is 29.9. The van der Waals surface area contributed by atoms with Crippen LogP contribution >= 0.6 is 0 Å². The van der Waals surface area contributed by atoms with Crippen molar-refractivity contribution in [2.24, 2.45) is 17.1 Å². The van der Waals surface area contributed by atoms with Gasteiger partial charge in [-0.2, -0.15) is 0 Å². The molecule has 0 aromatic carbocycles. The Balaban J connectivity index is 2.04. The average molecular weight is 227 g/mol. The van der Waals surface area contributed by atoms with Crippen LogP contribution in [0.25, 0.3) is 0 Å². The van der Waals surface area contributed by atoms with E-state index in [1.165, 1.54) is 0 Å². The van der Waals surface area contributed by atoms with Crippen LogP contribution in [0.15, 0.2) is 0 Å². The summed E-state index contributed by atoms with van der Waals surface area (Å²) in [7, 11) is 0. The fourth-order valence-corrected chi connectivity index (χ4v) is 2.69. The summed E-state index contributed by atoms with van der Waals surface area (Å²) >= 11 is 0. The van der Waals surface area contributed by atoms with Gasteiger partial charge in [-0.15, -0.1) is 0 Å². The molecule has 2 heterocycles. The quantitative estimate of drug-likeness (QED) is 0.772. The summed E-state index contributed by atoms with van der Waals surface area (Å²) in [6.07, 6.45) is 3.51. The van der Waals surface area contributed by atoms with E-state index in [1.54, 1.807) is 0 Å². The first-order chi connectivity index (χ1) is 7.78. The molecule has 0 radical (unpaired) electrons. The Labute approximate surface area is 96.5 Å². The first-order valence-corrected chi connectivity index (χ1v) is 6.18. The lowest BCUT2D eigenvalue weighted by molar-refractivity contribution is -0.141. The van der Waals surface area contributed by atoms with Crippen LogP contribution in [0.3, 0.4) is 0 Å². The van der Waals surface area contributed by atoms with Crippen LogP contribution in [0, 0.1) is 11.3 Å². The summed E-state index contributed by atoms with van der Waals surface area (Å²) < 4.78 is 10.7. The average Bonchev–Trinajstić information content (AvgIpc) is 2.39. The number of hydrogen-bond acceptors (Lipinski definition) is 4. The Morgan fingerprint density at radius 3 is 2.56 bits per heavy atom. The summed E-state index contributed by atoms with van der Waals surface area (Å²) in [6, 6.07) is 0. The minimum absolute atomic E-state index is 0.0652. The first kappa shape index (κ1) is 12.0. The molecule has 2 aliphatic heterocycles. The highest BCUT2D eigenvalue weighted by Gasteiger charge is 2.42. The number of rotatable bonds is 3. The number of carbonyl (C=O) groups excluding carboxylic acids is 1. The van der Waals surface area contributed by atoms with E-state index in [4.69, 9.17) is 15.2 Å². The molecule has 2 rings (SSSR count). The summed E-state index contributed by atoms with van der Waals surface area (Å²) in [4.78, 5) is 12.5. The number of ketones is 1. The van der Waals surface area contributed by atoms with Gasteiger partial charge >= 0.3 is 0 Å². The summed E-state index contributed by atoms with van der Waals surface area (Å²) in [6.45, 7) is 3.16. The third-order valence-corrected chi connectivity index (χ3v) is 3.89. The van der Waals surface area contributed by atoms with E-state index in [2.05, 4.69) is 0 Å². The molecule has 92 valence electrons. The van der Waals surface area contributed by atoms with Crippen molar-refractivity contribution < 1.29 is 14.3 Å². The van der Waals surface area contributed by atoms with Crippen molar-refractivity contribution in [2.75, 3.05) is 33.0 Å². The number of hydrogen-bond donors (Lipinski definition) is 1. The van der Waals surface area contributed by atoms with Crippen molar-refractivity contribution in [1.82, 2.24) is 0 Å². The number of nitrogens with two attached hydrogens (primary N) is 1. The van der Waals surface area contributed by atoms with Gasteiger partial charge in [-0.05, 0) is 25.7 Å². The maximum atomic E-state index is 12.5. The fourth-order valence-electron chi connectivity index (χ4n) is 2.69. The smallest absolute Gasteiger partial charge is 0.145 e.